The first-order chi connectivity index (χ1) is 15.7. The predicted molar refractivity (Wildman–Crippen MR) is 132 cm³/mol. The average molecular weight is 464 g/mol. The van der Waals surface area contributed by atoms with E-state index < -0.39 is 0 Å². The highest BCUT2D eigenvalue weighted by atomic mass is 32.1. The van der Waals surface area contributed by atoms with Crippen LogP contribution in [0.4, 0.5) is 17.2 Å². The largest absolute Gasteiger partial charge is 0.506 e. The molecule has 0 radical (unpaired) electrons. The lowest BCUT2D eigenvalue weighted by Crippen LogP contribution is -2.43. The van der Waals surface area contributed by atoms with Gasteiger partial charge in [0.25, 0.3) is 5.91 Å². The van der Waals surface area contributed by atoms with E-state index >= 15 is 0 Å². The number of carbonyl (C=O) groups is 1. The van der Waals surface area contributed by atoms with Crippen LogP contribution in [0.5, 0.6) is 11.5 Å². The molecule has 4 aromatic rings. The van der Waals surface area contributed by atoms with Gasteiger partial charge in [-0.2, -0.15) is 0 Å². The van der Waals surface area contributed by atoms with Crippen LogP contribution in [0.3, 0.4) is 0 Å². The van der Waals surface area contributed by atoms with Crippen molar-refractivity contribution in [2.45, 2.75) is 26.3 Å². The van der Waals surface area contributed by atoms with Crippen LogP contribution in [-0.2, 0) is 4.79 Å². The van der Waals surface area contributed by atoms with Gasteiger partial charge in [0.05, 0.1) is 15.9 Å². The fourth-order valence-corrected chi connectivity index (χ4v) is 3.94. The number of anilines is 3. The van der Waals surface area contributed by atoms with Crippen molar-refractivity contribution in [3.63, 3.8) is 0 Å². The Hall–Kier alpha value is -3.85. The lowest BCUT2D eigenvalue weighted by Gasteiger charge is -2.20. The Balaban J connectivity index is 1.60. The molecular formula is C24H25N5O3S. The van der Waals surface area contributed by atoms with Crippen LogP contribution in [0.15, 0.2) is 53.9 Å². The number of aromatic nitrogens is 2. The predicted octanol–water partition coefficient (Wildman–Crippen LogP) is 4.68. The van der Waals surface area contributed by atoms with Crippen molar-refractivity contribution in [1.29, 1.82) is 0 Å². The number of nitrogens with one attached hydrogen (secondary N) is 2. The number of aromatic hydroxyl groups is 1. The number of fused-ring (bicyclic) bond motifs is 1. The molecule has 2 aromatic heterocycles. The second kappa shape index (κ2) is 8.95. The molecule has 0 unspecified atom stereocenters. The van der Waals surface area contributed by atoms with Gasteiger partial charge in [0.2, 0.25) is 0 Å². The van der Waals surface area contributed by atoms with Gasteiger partial charge in [0.1, 0.15) is 11.5 Å². The Morgan fingerprint density at radius 2 is 1.97 bits per heavy atom. The van der Waals surface area contributed by atoms with Gasteiger partial charge in [-0.15, -0.1) is 11.3 Å². The van der Waals surface area contributed by atoms with Crippen molar-refractivity contribution in [3.05, 3.63) is 53.9 Å². The Bertz CT molecular complexity index is 1310. The molecule has 0 saturated carbocycles. The van der Waals surface area contributed by atoms with Gasteiger partial charge in [0, 0.05) is 22.9 Å². The van der Waals surface area contributed by atoms with E-state index in [1.165, 1.54) is 11.3 Å². The van der Waals surface area contributed by atoms with E-state index in [0.717, 1.165) is 15.8 Å². The standard InChI is InChI=1S/C24H25N5O3S/c1-24(2,3)29-20(31)13-32-16-6-4-5-14(11-16)22-27-18-9-10-33-21(18)23(28-22)26-15-7-8-17(25)19(30)12-15/h4-12,30H,13,25H2,1-3H3,(H,29,31)(H,26,27,28). The van der Waals surface area contributed by atoms with E-state index in [1.54, 1.807) is 30.3 Å². The molecule has 5 N–H and O–H groups in total. The van der Waals surface area contributed by atoms with Crippen molar-refractivity contribution in [1.82, 2.24) is 15.3 Å². The monoisotopic (exact) mass is 463 g/mol. The molecule has 8 nitrogen and oxygen atoms in total. The minimum absolute atomic E-state index is 0.00273. The number of hydrogen-bond donors (Lipinski definition) is 4. The SMILES string of the molecule is CC(C)(C)NC(=O)COc1cccc(-c2nc(Nc3ccc(N)c(O)c3)c3sccc3n2)c1. The molecule has 0 atom stereocenters. The molecule has 4 rings (SSSR count). The second-order valence-electron chi connectivity index (χ2n) is 8.54. The van der Waals surface area contributed by atoms with Crippen molar-refractivity contribution >= 4 is 44.7 Å². The number of phenolic OH excluding ortho intramolecular Hbond substituents is 1. The Labute approximate surface area is 195 Å². The zero-order valence-electron chi connectivity index (χ0n) is 18.5. The van der Waals surface area contributed by atoms with Crippen LogP contribution < -0.4 is 21.1 Å². The van der Waals surface area contributed by atoms with E-state index in [9.17, 15) is 9.90 Å². The summed E-state index contributed by atoms with van der Waals surface area (Å²) >= 11 is 1.52. The van der Waals surface area contributed by atoms with Crippen LogP contribution in [0.25, 0.3) is 21.6 Å². The smallest absolute Gasteiger partial charge is 0.258 e. The minimum Gasteiger partial charge on any atom is -0.506 e. The van der Waals surface area contributed by atoms with E-state index in [4.69, 9.17) is 15.5 Å². The number of rotatable bonds is 6. The quantitative estimate of drug-likeness (QED) is 0.242. The average Bonchev–Trinajstić information content (AvgIpc) is 3.23. The number of phenols is 1. The maximum absolute atomic E-state index is 12.1. The zero-order chi connectivity index (χ0) is 23.6. The number of benzene rings is 2. The lowest BCUT2D eigenvalue weighted by molar-refractivity contribution is -0.124. The molecule has 33 heavy (non-hydrogen) atoms. The number of nitrogens with zero attached hydrogens (tertiary/aromatic N) is 2. The molecule has 170 valence electrons. The summed E-state index contributed by atoms with van der Waals surface area (Å²) in [6, 6.07) is 14.2. The van der Waals surface area contributed by atoms with E-state index in [1.807, 2.05) is 44.4 Å². The molecule has 0 aliphatic carbocycles. The van der Waals surface area contributed by atoms with E-state index in [-0.39, 0.29) is 23.8 Å². The topological polar surface area (TPSA) is 122 Å². The maximum Gasteiger partial charge on any atom is 0.258 e. The van der Waals surface area contributed by atoms with Crippen LogP contribution in [-0.4, -0.2) is 33.1 Å². The minimum atomic E-state index is -0.323. The molecule has 0 aliphatic heterocycles. The molecule has 0 saturated heterocycles. The Kier molecular flexibility index (Phi) is 6.06. The maximum atomic E-state index is 12.1. The van der Waals surface area contributed by atoms with Gasteiger partial charge < -0.3 is 26.2 Å². The number of hydrogen-bond acceptors (Lipinski definition) is 8. The summed E-state index contributed by atoms with van der Waals surface area (Å²) in [7, 11) is 0. The summed E-state index contributed by atoms with van der Waals surface area (Å²) in [5.74, 6) is 1.47. The molecule has 0 spiro atoms. The molecular weight excluding hydrogens is 438 g/mol. The second-order valence-corrected chi connectivity index (χ2v) is 9.46. The first-order valence-corrected chi connectivity index (χ1v) is 11.2. The fourth-order valence-electron chi connectivity index (χ4n) is 3.16. The number of nitrogen functional groups attached to an aromatic ring is 1. The molecule has 0 aliphatic rings. The zero-order valence-corrected chi connectivity index (χ0v) is 19.4. The van der Waals surface area contributed by atoms with Crippen LogP contribution >= 0.6 is 11.3 Å². The Morgan fingerprint density at radius 1 is 1.15 bits per heavy atom. The molecule has 9 heteroatoms. The van der Waals surface area contributed by atoms with Gasteiger partial charge in [-0.1, -0.05) is 12.1 Å². The number of carbonyl (C=O) groups excluding carboxylic acids is 1. The van der Waals surface area contributed by atoms with Crippen molar-refractivity contribution in [2.75, 3.05) is 17.7 Å². The van der Waals surface area contributed by atoms with Crippen molar-refractivity contribution < 1.29 is 14.6 Å². The summed E-state index contributed by atoms with van der Waals surface area (Å²) in [4.78, 5) is 21.5. The van der Waals surface area contributed by atoms with Gasteiger partial charge in [-0.3, -0.25) is 4.79 Å². The third-order valence-corrected chi connectivity index (χ3v) is 5.48. The third kappa shape index (κ3) is 5.50. The summed E-state index contributed by atoms with van der Waals surface area (Å²) in [6.45, 7) is 5.67. The number of nitrogens with two attached hydrogens (primary N) is 1. The summed E-state index contributed by atoms with van der Waals surface area (Å²) in [6.07, 6.45) is 0. The van der Waals surface area contributed by atoms with Crippen LogP contribution in [0.2, 0.25) is 0 Å². The fraction of sp³-hybridized carbons (Fsp3) is 0.208. The number of thiophene rings is 1. The Morgan fingerprint density at radius 3 is 2.73 bits per heavy atom. The van der Waals surface area contributed by atoms with Crippen molar-refractivity contribution in [2.24, 2.45) is 0 Å². The molecule has 1 amide bonds. The summed E-state index contributed by atoms with van der Waals surface area (Å²) < 4.78 is 6.57. The highest BCUT2D eigenvalue weighted by Gasteiger charge is 2.15. The van der Waals surface area contributed by atoms with Crippen LogP contribution in [0, 0.1) is 0 Å². The number of ether oxygens (including phenoxy) is 1. The van der Waals surface area contributed by atoms with E-state index in [2.05, 4.69) is 15.6 Å². The highest BCUT2D eigenvalue weighted by molar-refractivity contribution is 7.17. The molecule has 2 aromatic carbocycles. The first-order valence-electron chi connectivity index (χ1n) is 10.3. The summed E-state index contributed by atoms with van der Waals surface area (Å²) in [5.41, 5.74) is 7.89. The van der Waals surface area contributed by atoms with Crippen molar-refractivity contribution in [3.8, 4) is 22.9 Å². The molecule has 0 bridgehead atoms. The van der Waals surface area contributed by atoms with Gasteiger partial charge in [0.15, 0.2) is 18.2 Å². The number of amides is 1. The normalized spacial score (nSPS) is 11.4. The first kappa shape index (κ1) is 22.3. The highest BCUT2D eigenvalue weighted by Crippen LogP contribution is 2.33. The van der Waals surface area contributed by atoms with Gasteiger partial charge >= 0.3 is 0 Å². The molecule has 2 heterocycles. The van der Waals surface area contributed by atoms with Gasteiger partial charge in [-0.25, -0.2) is 9.97 Å². The molecule has 0 fully saturated rings. The summed E-state index contributed by atoms with van der Waals surface area (Å²) in [5, 5.41) is 18.0. The van der Waals surface area contributed by atoms with E-state index in [0.29, 0.717) is 28.8 Å². The van der Waals surface area contributed by atoms with Crippen LogP contribution in [0.1, 0.15) is 20.8 Å². The lowest BCUT2D eigenvalue weighted by atomic mass is 10.1. The third-order valence-electron chi connectivity index (χ3n) is 4.57. The van der Waals surface area contributed by atoms with Gasteiger partial charge in [-0.05, 0) is 56.5 Å².